The molecule has 0 aliphatic carbocycles. The molecule has 1 spiro atoms. The molecule has 0 radical (unpaired) electrons. The first-order valence-corrected chi connectivity index (χ1v) is 8.25. The molecule has 3 rings (SSSR count). The minimum Gasteiger partial charge on any atom is -0.460 e. The summed E-state index contributed by atoms with van der Waals surface area (Å²) in [5, 5.41) is 10.9. The summed E-state index contributed by atoms with van der Waals surface area (Å²) >= 11 is 2.22. The van der Waals surface area contributed by atoms with E-state index in [4.69, 9.17) is 10.1 Å². The standard InChI is InChI=1S/C15H19IN4O2/c1-14(2,3)22-13(17)20-7-15(8-20)5-9-4-10(16)6-18-11(9)19-12(15)21/h4,6,17H,5,7-8H2,1-3H3,(H,18,19,21). The largest absolute Gasteiger partial charge is 0.460 e. The third-order valence-electron chi connectivity index (χ3n) is 3.85. The van der Waals surface area contributed by atoms with Gasteiger partial charge in [0.05, 0.1) is 5.41 Å². The molecule has 1 saturated heterocycles. The van der Waals surface area contributed by atoms with Crippen molar-refractivity contribution in [1.29, 1.82) is 5.41 Å². The predicted octanol–water partition coefficient (Wildman–Crippen LogP) is 2.23. The molecule has 7 heteroatoms. The number of nitrogens with one attached hydrogen (secondary N) is 2. The topological polar surface area (TPSA) is 78.3 Å². The van der Waals surface area contributed by atoms with Gasteiger partial charge in [0.2, 0.25) is 5.91 Å². The summed E-state index contributed by atoms with van der Waals surface area (Å²) in [6, 6.07) is 2.20. The van der Waals surface area contributed by atoms with Crippen LogP contribution < -0.4 is 5.32 Å². The number of nitrogens with zero attached hydrogens (tertiary/aromatic N) is 2. The van der Waals surface area contributed by atoms with Gasteiger partial charge < -0.3 is 15.0 Å². The molecule has 1 amide bonds. The summed E-state index contributed by atoms with van der Waals surface area (Å²) in [6.07, 6.45) is 2.41. The minimum atomic E-state index is -0.466. The third-order valence-corrected chi connectivity index (χ3v) is 4.44. The van der Waals surface area contributed by atoms with E-state index in [-0.39, 0.29) is 11.9 Å². The van der Waals surface area contributed by atoms with Gasteiger partial charge in [0.1, 0.15) is 11.4 Å². The number of rotatable bonds is 0. The van der Waals surface area contributed by atoms with Gasteiger partial charge in [-0.3, -0.25) is 10.2 Å². The molecule has 3 heterocycles. The Bertz CT molecular complexity index is 647. The highest BCUT2D eigenvalue weighted by molar-refractivity contribution is 14.1. The Morgan fingerprint density at radius 2 is 2.18 bits per heavy atom. The summed E-state index contributed by atoms with van der Waals surface area (Å²) in [5.41, 5.74) is 0.197. The Balaban J connectivity index is 1.72. The van der Waals surface area contributed by atoms with Crippen molar-refractivity contribution in [2.45, 2.75) is 32.8 Å². The van der Waals surface area contributed by atoms with Crippen LogP contribution >= 0.6 is 22.6 Å². The lowest BCUT2D eigenvalue weighted by Crippen LogP contribution is -2.66. The number of anilines is 1. The summed E-state index contributed by atoms with van der Waals surface area (Å²) in [7, 11) is 0. The fraction of sp³-hybridized carbons (Fsp3) is 0.533. The molecule has 0 bridgehead atoms. The number of halogens is 1. The number of hydrogen-bond acceptors (Lipinski definition) is 4. The van der Waals surface area contributed by atoms with Crippen molar-refractivity contribution in [2.24, 2.45) is 5.41 Å². The summed E-state index contributed by atoms with van der Waals surface area (Å²) < 4.78 is 6.62. The maximum atomic E-state index is 12.4. The predicted molar refractivity (Wildman–Crippen MR) is 91.9 cm³/mol. The molecule has 2 N–H and O–H groups in total. The zero-order valence-electron chi connectivity index (χ0n) is 12.9. The zero-order valence-corrected chi connectivity index (χ0v) is 15.0. The molecule has 0 unspecified atom stereocenters. The van der Waals surface area contributed by atoms with Gasteiger partial charge in [-0.25, -0.2) is 4.98 Å². The van der Waals surface area contributed by atoms with Crippen LogP contribution in [0.4, 0.5) is 5.82 Å². The van der Waals surface area contributed by atoms with Crippen molar-refractivity contribution < 1.29 is 9.53 Å². The van der Waals surface area contributed by atoms with Gasteiger partial charge in [0, 0.05) is 22.9 Å². The number of aromatic nitrogens is 1. The average molecular weight is 414 g/mol. The molecule has 2 aliphatic heterocycles. The van der Waals surface area contributed by atoms with Crippen LogP contribution in [0.15, 0.2) is 12.3 Å². The summed E-state index contributed by atoms with van der Waals surface area (Å²) in [6.45, 7) is 6.76. The Morgan fingerprint density at radius 3 is 2.82 bits per heavy atom. The molecular formula is C15H19IN4O2. The van der Waals surface area contributed by atoms with E-state index in [2.05, 4.69) is 39.0 Å². The third kappa shape index (κ3) is 2.78. The molecule has 118 valence electrons. The summed E-state index contributed by atoms with van der Waals surface area (Å²) in [5.74, 6) is 0.657. The van der Waals surface area contributed by atoms with Gasteiger partial charge in [-0.15, -0.1) is 0 Å². The first-order valence-electron chi connectivity index (χ1n) is 7.17. The maximum absolute atomic E-state index is 12.4. The number of amidine groups is 1. The Morgan fingerprint density at radius 1 is 1.50 bits per heavy atom. The van der Waals surface area contributed by atoms with Crippen LogP contribution in [0.3, 0.4) is 0 Å². The Labute approximate surface area is 143 Å². The quantitative estimate of drug-likeness (QED) is 0.388. The highest BCUT2D eigenvalue weighted by Crippen LogP contribution is 2.40. The van der Waals surface area contributed by atoms with Crippen LogP contribution in [0, 0.1) is 14.4 Å². The molecule has 1 fully saturated rings. The highest BCUT2D eigenvalue weighted by Gasteiger charge is 2.53. The zero-order chi connectivity index (χ0) is 16.1. The second-order valence-corrected chi connectivity index (χ2v) is 8.19. The van der Waals surface area contributed by atoms with Gasteiger partial charge in [-0.1, -0.05) is 0 Å². The van der Waals surface area contributed by atoms with Crippen LogP contribution in [0.25, 0.3) is 0 Å². The van der Waals surface area contributed by atoms with Crippen molar-refractivity contribution in [3.63, 3.8) is 0 Å². The second kappa shape index (κ2) is 5.07. The molecule has 0 saturated carbocycles. The molecule has 22 heavy (non-hydrogen) atoms. The molecule has 0 aromatic carbocycles. The van der Waals surface area contributed by atoms with E-state index >= 15 is 0 Å². The number of amides is 1. The van der Waals surface area contributed by atoms with Gasteiger partial charge in [0.15, 0.2) is 0 Å². The number of ether oxygens (including phenoxy) is 1. The van der Waals surface area contributed by atoms with E-state index < -0.39 is 11.0 Å². The number of likely N-dealkylation sites (tertiary alicyclic amines) is 1. The number of fused-ring (bicyclic) bond motifs is 1. The Hall–Kier alpha value is -1.38. The lowest BCUT2D eigenvalue weighted by Gasteiger charge is -2.51. The van der Waals surface area contributed by atoms with E-state index in [9.17, 15) is 4.79 Å². The maximum Gasteiger partial charge on any atom is 0.284 e. The molecule has 6 nitrogen and oxygen atoms in total. The van der Waals surface area contributed by atoms with E-state index in [0.717, 1.165) is 9.13 Å². The second-order valence-electron chi connectivity index (χ2n) is 6.95. The molecule has 0 atom stereocenters. The fourth-order valence-corrected chi connectivity index (χ4v) is 3.37. The number of hydrogen-bond donors (Lipinski definition) is 2. The normalized spacial score (nSPS) is 19.3. The van der Waals surface area contributed by atoms with Gasteiger partial charge in [-0.05, 0) is 61.4 Å². The molecule has 1 aromatic rings. The van der Waals surface area contributed by atoms with Gasteiger partial charge >= 0.3 is 0 Å². The number of carbonyl (C=O) groups excluding carboxylic acids is 1. The monoisotopic (exact) mass is 414 g/mol. The van der Waals surface area contributed by atoms with Crippen LogP contribution in [-0.2, 0) is 16.0 Å². The van der Waals surface area contributed by atoms with Gasteiger partial charge in [0.25, 0.3) is 6.02 Å². The lowest BCUT2D eigenvalue weighted by atomic mass is 9.72. The first kappa shape index (κ1) is 15.5. The lowest BCUT2D eigenvalue weighted by molar-refractivity contribution is -0.134. The first-order chi connectivity index (χ1) is 10.2. The van der Waals surface area contributed by atoms with Crippen LogP contribution in [0.1, 0.15) is 26.3 Å². The van der Waals surface area contributed by atoms with Crippen molar-refractivity contribution in [2.75, 3.05) is 18.4 Å². The van der Waals surface area contributed by atoms with Crippen molar-refractivity contribution >= 4 is 40.3 Å². The van der Waals surface area contributed by atoms with E-state index in [1.807, 2.05) is 20.8 Å². The molecule has 1 aromatic heterocycles. The van der Waals surface area contributed by atoms with E-state index in [1.165, 1.54) is 0 Å². The minimum absolute atomic E-state index is 0.00600. The Kier molecular flexibility index (Phi) is 3.58. The van der Waals surface area contributed by atoms with Crippen molar-refractivity contribution in [1.82, 2.24) is 9.88 Å². The molecular weight excluding hydrogens is 395 g/mol. The van der Waals surface area contributed by atoms with Crippen molar-refractivity contribution in [3.8, 4) is 0 Å². The summed E-state index contributed by atoms with van der Waals surface area (Å²) in [4.78, 5) is 18.5. The van der Waals surface area contributed by atoms with Crippen LogP contribution in [0.5, 0.6) is 0 Å². The van der Waals surface area contributed by atoms with E-state index in [1.54, 1.807) is 11.1 Å². The van der Waals surface area contributed by atoms with Crippen molar-refractivity contribution in [3.05, 3.63) is 21.4 Å². The smallest absolute Gasteiger partial charge is 0.284 e. The van der Waals surface area contributed by atoms with Crippen LogP contribution in [-0.4, -0.2) is 40.5 Å². The average Bonchev–Trinajstić information content (AvgIpc) is 2.33. The highest BCUT2D eigenvalue weighted by atomic mass is 127. The fourth-order valence-electron chi connectivity index (χ4n) is 2.85. The van der Waals surface area contributed by atoms with Gasteiger partial charge in [-0.2, -0.15) is 0 Å². The molecule has 2 aliphatic rings. The SMILES string of the molecule is CC(C)(C)OC(=N)N1CC2(Cc3cc(I)cnc3NC2=O)C1. The van der Waals surface area contributed by atoms with Crippen LogP contribution in [0.2, 0.25) is 0 Å². The number of pyridine rings is 1. The van der Waals surface area contributed by atoms with E-state index in [0.29, 0.717) is 25.3 Å². The number of carbonyl (C=O) groups is 1.